The summed E-state index contributed by atoms with van der Waals surface area (Å²) in [5.41, 5.74) is 0.650. The molecule has 19 heavy (non-hydrogen) atoms. The standard InChI is InChI=1S/C12H16N2O5/c1-17-9-6-4-8(5-7-9)10(13-11(15)18-2)14-12(16)19-3/h4-7,10H,1-3H3,(H,13,15)(H,14,16). The van der Waals surface area contributed by atoms with E-state index in [1.54, 1.807) is 31.4 Å². The first kappa shape index (κ1) is 14.6. The fourth-order valence-corrected chi connectivity index (χ4v) is 1.35. The van der Waals surface area contributed by atoms with Crippen molar-refractivity contribution in [1.82, 2.24) is 10.6 Å². The summed E-state index contributed by atoms with van der Waals surface area (Å²) >= 11 is 0. The van der Waals surface area contributed by atoms with Crippen LogP contribution in [0.2, 0.25) is 0 Å². The van der Waals surface area contributed by atoms with Crippen molar-refractivity contribution in [2.24, 2.45) is 0 Å². The van der Waals surface area contributed by atoms with Crippen molar-refractivity contribution in [2.75, 3.05) is 21.3 Å². The van der Waals surface area contributed by atoms with E-state index in [1.165, 1.54) is 14.2 Å². The third-order valence-corrected chi connectivity index (χ3v) is 2.34. The summed E-state index contributed by atoms with van der Waals surface area (Å²) in [5.74, 6) is 0.665. The molecule has 0 heterocycles. The van der Waals surface area contributed by atoms with Gasteiger partial charge in [-0.15, -0.1) is 0 Å². The van der Waals surface area contributed by atoms with E-state index in [-0.39, 0.29) is 0 Å². The molecule has 0 saturated carbocycles. The summed E-state index contributed by atoms with van der Waals surface area (Å²) in [7, 11) is 4.02. The summed E-state index contributed by atoms with van der Waals surface area (Å²) in [6, 6.07) is 6.82. The third kappa shape index (κ3) is 4.38. The van der Waals surface area contributed by atoms with E-state index in [2.05, 4.69) is 20.1 Å². The Bertz CT molecular complexity index is 414. The van der Waals surface area contributed by atoms with E-state index in [9.17, 15) is 9.59 Å². The van der Waals surface area contributed by atoms with E-state index in [0.717, 1.165) is 0 Å². The highest BCUT2D eigenvalue weighted by molar-refractivity contribution is 5.71. The third-order valence-electron chi connectivity index (χ3n) is 2.34. The Kier molecular flexibility index (Phi) is 5.46. The average Bonchev–Trinajstić information content (AvgIpc) is 2.46. The van der Waals surface area contributed by atoms with Crippen LogP contribution < -0.4 is 15.4 Å². The van der Waals surface area contributed by atoms with Gasteiger partial charge in [0.25, 0.3) is 0 Å². The molecule has 7 heteroatoms. The van der Waals surface area contributed by atoms with Gasteiger partial charge in [0.2, 0.25) is 0 Å². The number of ether oxygens (including phenoxy) is 3. The molecule has 7 nitrogen and oxygen atoms in total. The van der Waals surface area contributed by atoms with Crippen molar-refractivity contribution in [3.05, 3.63) is 29.8 Å². The molecular formula is C12H16N2O5. The predicted octanol–water partition coefficient (Wildman–Crippen LogP) is 1.41. The maximum absolute atomic E-state index is 11.2. The molecule has 0 unspecified atom stereocenters. The Morgan fingerprint density at radius 3 is 1.79 bits per heavy atom. The number of nitrogens with one attached hydrogen (secondary N) is 2. The van der Waals surface area contributed by atoms with Crippen molar-refractivity contribution >= 4 is 12.2 Å². The Hall–Kier alpha value is -2.44. The summed E-state index contributed by atoms with van der Waals surface area (Å²) in [4.78, 5) is 22.5. The van der Waals surface area contributed by atoms with Gasteiger partial charge in [-0.2, -0.15) is 0 Å². The first-order chi connectivity index (χ1) is 9.10. The molecule has 0 aliphatic carbocycles. The van der Waals surface area contributed by atoms with Crippen LogP contribution in [-0.4, -0.2) is 33.5 Å². The molecular weight excluding hydrogens is 252 g/mol. The molecule has 0 saturated heterocycles. The number of carbonyl (C=O) groups is 2. The summed E-state index contributed by atoms with van der Waals surface area (Å²) in [6.45, 7) is 0. The highest BCUT2D eigenvalue weighted by Crippen LogP contribution is 2.16. The number of rotatable bonds is 4. The molecule has 2 amide bonds. The number of hydrogen-bond donors (Lipinski definition) is 2. The van der Waals surface area contributed by atoms with Gasteiger partial charge in [-0.3, -0.25) is 10.6 Å². The van der Waals surface area contributed by atoms with Crippen LogP contribution in [0.15, 0.2) is 24.3 Å². The maximum Gasteiger partial charge on any atom is 0.408 e. The van der Waals surface area contributed by atoms with Gasteiger partial charge >= 0.3 is 12.2 Å². The van der Waals surface area contributed by atoms with Crippen LogP contribution in [0.25, 0.3) is 0 Å². The topological polar surface area (TPSA) is 85.9 Å². The molecule has 0 radical (unpaired) electrons. The first-order valence-corrected chi connectivity index (χ1v) is 5.43. The fourth-order valence-electron chi connectivity index (χ4n) is 1.35. The van der Waals surface area contributed by atoms with Crippen LogP contribution in [0, 0.1) is 0 Å². The van der Waals surface area contributed by atoms with Gasteiger partial charge < -0.3 is 14.2 Å². The minimum absolute atomic E-state index is 0.650. The van der Waals surface area contributed by atoms with Crippen LogP contribution in [0.4, 0.5) is 9.59 Å². The quantitative estimate of drug-likeness (QED) is 0.806. The van der Waals surface area contributed by atoms with E-state index in [4.69, 9.17) is 4.74 Å². The van der Waals surface area contributed by atoms with Gasteiger partial charge in [-0.1, -0.05) is 12.1 Å². The van der Waals surface area contributed by atoms with E-state index in [0.29, 0.717) is 11.3 Å². The Labute approximate surface area is 110 Å². The number of carbonyl (C=O) groups excluding carboxylic acids is 2. The molecule has 0 bridgehead atoms. The molecule has 0 aromatic heterocycles. The lowest BCUT2D eigenvalue weighted by Gasteiger charge is -2.19. The minimum atomic E-state index is -0.759. The maximum atomic E-state index is 11.2. The SMILES string of the molecule is COC(=O)NC(NC(=O)OC)c1ccc(OC)cc1. The first-order valence-electron chi connectivity index (χ1n) is 5.43. The highest BCUT2D eigenvalue weighted by Gasteiger charge is 2.17. The van der Waals surface area contributed by atoms with E-state index < -0.39 is 18.4 Å². The lowest BCUT2D eigenvalue weighted by molar-refractivity contribution is 0.153. The second-order valence-corrected chi connectivity index (χ2v) is 3.48. The second-order valence-electron chi connectivity index (χ2n) is 3.48. The molecule has 0 fully saturated rings. The number of alkyl carbamates (subject to hydrolysis) is 2. The number of amides is 2. The largest absolute Gasteiger partial charge is 0.497 e. The molecule has 0 atom stereocenters. The van der Waals surface area contributed by atoms with Gasteiger partial charge in [-0.05, 0) is 17.7 Å². The van der Waals surface area contributed by atoms with Gasteiger partial charge in [0.1, 0.15) is 11.9 Å². The lowest BCUT2D eigenvalue weighted by atomic mass is 10.1. The molecule has 0 aliphatic rings. The number of methoxy groups -OCH3 is 3. The van der Waals surface area contributed by atoms with Crippen molar-refractivity contribution in [2.45, 2.75) is 6.17 Å². The van der Waals surface area contributed by atoms with Gasteiger partial charge in [0.15, 0.2) is 0 Å². The number of hydrogen-bond acceptors (Lipinski definition) is 5. The molecule has 104 valence electrons. The van der Waals surface area contributed by atoms with Crippen LogP contribution in [-0.2, 0) is 9.47 Å². The zero-order valence-electron chi connectivity index (χ0n) is 10.9. The molecule has 1 aromatic rings. The Morgan fingerprint density at radius 2 is 1.42 bits per heavy atom. The zero-order chi connectivity index (χ0) is 14.3. The monoisotopic (exact) mass is 268 g/mol. The van der Waals surface area contributed by atoms with Crippen molar-refractivity contribution < 1.29 is 23.8 Å². The van der Waals surface area contributed by atoms with Gasteiger partial charge in [0.05, 0.1) is 21.3 Å². The Morgan fingerprint density at radius 1 is 0.947 bits per heavy atom. The number of benzene rings is 1. The lowest BCUT2D eigenvalue weighted by Crippen LogP contribution is -2.41. The predicted molar refractivity (Wildman–Crippen MR) is 66.8 cm³/mol. The average molecular weight is 268 g/mol. The highest BCUT2D eigenvalue weighted by atomic mass is 16.5. The molecule has 1 aromatic carbocycles. The Balaban J connectivity index is 2.86. The van der Waals surface area contributed by atoms with Crippen molar-refractivity contribution in [1.29, 1.82) is 0 Å². The van der Waals surface area contributed by atoms with Crippen molar-refractivity contribution in [3.63, 3.8) is 0 Å². The molecule has 2 N–H and O–H groups in total. The van der Waals surface area contributed by atoms with Gasteiger partial charge in [0, 0.05) is 0 Å². The fraction of sp³-hybridized carbons (Fsp3) is 0.333. The summed E-state index contributed by atoms with van der Waals surface area (Å²) < 4.78 is 14.0. The molecule has 0 spiro atoms. The molecule has 0 aliphatic heterocycles. The second kappa shape index (κ2) is 7.10. The van der Waals surface area contributed by atoms with Crippen LogP contribution in [0.3, 0.4) is 0 Å². The minimum Gasteiger partial charge on any atom is -0.497 e. The van der Waals surface area contributed by atoms with Gasteiger partial charge in [-0.25, -0.2) is 9.59 Å². The normalized spacial score (nSPS) is 9.68. The van der Waals surface area contributed by atoms with Crippen LogP contribution >= 0.6 is 0 Å². The van der Waals surface area contributed by atoms with E-state index in [1.807, 2.05) is 0 Å². The van der Waals surface area contributed by atoms with Crippen LogP contribution in [0.1, 0.15) is 11.7 Å². The van der Waals surface area contributed by atoms with Crippen molar-refractivity contribution in [3.8, 4) is 5.75 Å². The molecule has 1 rings (SSSR count). The van der Waals surface area contributed by atoms with E-state index >= 15 is 0 Å². The summed E-state index contributed by atoms with van der Waals surface area (Å²) in [5, 5.41) is 4.94. The van der Waals surface area contributed by atoms with Crippen LogP contribution in [0.5, 0.6) is 5.75 Å². The zero-order valence-corrected chi connectivity index (χ0v) is 10.9. The smallest absolute Gasteiger partial charge is 0.408 e. The summed E-state index contributed by atoms with van der Waals surface area (Å²) in [6.07, 6.45) is -2.10.